The Morgan fingerprint density at radius 2 is 1.90 bits per heavy atom. The smallest absolute Gasteiger partial charge is 0.226 e. The second-order valence-electron chi connectivity index (χ2n) is 6.59. The molecule has 0 saturated carbocycles. The van der Waals surface area contributed by atoms with Gasteiger partial charge in [0.1, 0.15) is 19.0 Å². The lowest BCUT2D eigenvalue weighted by atomic mass is 10.2. The van der Waals surface area contributed by atoms with Gasteiger partial charge in [0.15, 0.2) is 10.8 Å². The van der Waals surface area contributed by atoms with Crippen molar-refractivity contribution in [1.82, 2.24) is 15.3 Å². The summed E-state index contributed by atoms with van der Waals surface area (Å²) >= 11 is 1.45. The third-order valence-electron chi connectivity index (χ3n) is 4.26. The van der Waals surface area contributed by atoms with Crippen LogP contribution in [0.4, 0.5) is 0 Å². The highest BCUT2D eigenvalue weighted by molar-refractivity contribution is 7.13. The summed E-state index contributed by atoms with van der Waals surface area (Å²) in [4.78, 5) is 20.9. The van der Waals surface area contributed by atoms with E-state index in [4.69, 9.17) is 13.9 Å². The Balaban J connectivity index is 1.17. The number of hydrogen-bond acceptors (Lipinski definition) is 7. The highest BCUT2D eigenvalue weighted by Crippen LogP contribution is 2.24. The molecule has 7 nitrogen and oxygen atoms in total. The molecule has 31 heavy (non-hydrogen) atoms. The zero-order valence-corrected chi connectivity index (χ0v) is 17.5. The first kappa shape index (κ1) is 20.6. The van der Waals surface area contributed by atoms with Crippen molar-refractivity contribution < 1.29 is 18.7 Å². The molecule has 1 aromatic carbocycles. The van der Waals surface area contributed by atoms with Gasteiger partial charge in [0.05, 0.1) is 18.4 Å². The van der Waals surface area contributed by atoms with Gasteiger partial charge >= 0.3 is 0 Å². The Hall–Kier alpha value is -3.65. The Morgan fingerprint density at radius 3 is 2.68 bits per heavy atom. The molecule has 1 N–H and O–H groups in total. The van der Waals surface area contributed by atoms with Crippen molar-refractivity contribution in [1.29, 1.82) is 0 Å². The number of rotatable bonds is 10. The van der Waals surface area contributed by atoms with Crippen LogP contribution in [0, 0.1) is 0 Å². The number of nitrogens with one attached hydrogen (secondary N) is 1. The minimum atomic E-state index is -0.102. The molecule has 0 aliphatic carbocycles. The van der Waals surface area contributed by atoms with E-state index in [9.17, 15) is 4.79 Å². The maximum Gasteiger partial charge on any atom is 0.226 e. The SMILES string of the molecule is O=C(Cc1csc(-c2ccco2)n1)NCc1ccc(OCCOc2ccccc2)nc1. The van der Waals surface area contributed by atoms with E-state index in [0.29, 0.717) is 37.1 Å². The minimum Gasteiger partial charge on any atom is -0.490 e. The lowest BCUT2D eigenvalue weighted by Gasteiger charge is -2.08. The molecule has 0 saturated heterocycles. The van der Waals surface area contributed by atoms with Crippen LogP contribution in [0.2, 0.25) is 0 Å². The number of ether oxygens (including phenoxy) is 2. The summed E-state index contributed by atoms with van der Waals surface area (Å²) in [5.41, 5.74) is 1.60. The van der Waals surface area contributed by atoms with Crippen LogP contribution in [-0.4, -0.2) is 29.1 Å². The fraction of sp³-hybridized carbons (Fsp3) is 0.174. The molecule has 1 amide bonds. The van der Waals surface area contributed by atoms with E-state index in [-0.39, 0.29) is 12.3 Å². The Labute approximate surface area is 183 Å². The third-order valence-corrected chi connectivity index (χ3v) is 5.16. The predicted octanol–water partition coefficient (Wildman–Crippen LogP) is 4.11. The van der Waals surface area contributed by atoms with Gasteiger partial charge in [0.25, 0.3) is 0 Å². The van der Waals surface area contributed by atoms with Crippen LogP contribution >= 0.6 is 11.3 Å². The second kappa shape index (κ2) is 10.4. The minimum absolute atomic E-state index is 0.102. The van der Waals surface area contributed by atoms with Gasteiger partial charge < -0.3 is 19.2 Å². The highest BCUT2D eigenvalue weighted by Gasteiger charge is 2.10. The first-order chi connectivity index (χ1) is 15.3. The number of carbonyl (C=O) groups is 1. The molecular formula is C23H21N3O4S. The summed E-state index contributed by atoms with van der Waals surface area (Å²) in [6.45, 7) is 1.21. The fourth-order valence-corrected chi connectivity index (χ4v) is 3.54. The van der Waals surface area contributed by atoms with Crippen LogP contribution in [0.25, 0.3) is 10.8 Å². The number of hydrogen-bond donors (Lipinski definition) is 1. The fourth-order valence-electron chi connectivity index (χ4n) is 2.75. The van der Waals surface area contributed by atoms with Crippen molar-refractivity contribution in [2.45, 2.75) is 13.0 Å². The van der Waals surface area contributed by atoms with Crippen LogP contribution in [0.15, 0.2) is 76.9 Å². The number of pyridine rings is 1. The largest absolute Gasteiger partial charge is 0.490 e. The van der Waals surface area contributed by atoms with E-state index in [0.717, 1.165) is 16.3 Å². The van der Waals surface area contributed by atoms with Gasteiger partial charge in [-0.1, -0.05) is 24.3 Å². The van der Waals surface area contributed by atoms with Gasteiger partial charge in [-0.3, -0.25) is 4.79 Å². The number of thiazole rings is 1. The van der Waals surface area contributed by atoms with Gasteiger partial charge in [-0.15, -0.1) is 11.3 Å². The van der Waals surface area contributed by atoms with E-state index in [2.05, 4.69) is 15.3 Å². The average Bonchev–Trinajstić information content (AvgIpc) is 3.49. The van der Waals surface area contributed by atoms with Crippen molar-refractivity contribution in [3.05, 3.63) is 83.7 Å². The molecule has 4 rings (SSSR count). The van der Waals surface area contributed by atoms with Crippen molar-refractivity contribution >= 4 is 17.2 Å². The Kier molecular flexibility index (Phi) is 6.92. The summed E-state index contributed by atoms with van der Waals surface area (Å²) < 4.78 is 16.5. The topological polar surface area (TPSA) is 86.5 Å². The zero-order chi connectivity index (χ0) is 21.3. The Morgan fingerprint density at radius 1 is 1.03 bits per heavy atom. The number of aromatic nitrogens is 2. The van der Waals surface area contributed by atoms with Crippen LogP contribution in [0.1, 0.15) is 11.3 Å². The van der Waals surface area contributed by atoms with Crippen LogP contribution in [0.5, 0.6) is 11.6 Å². The van der Waals surface area contributed by atoms with Crippen molar-refractivity contribution in [3.8, 4) is 22.4 Å². The first-order valence-corrected chi connectivity index (χ1v) is 10.6. The molecule has 4 aromatic rings. The van der Waals surface area contributed by atoms with Gasteiger partial charge in [-0.2, -0.15) is 0 Å². The second-order valence-corrected chi connectivity index (χ2v) is 7.45. The normalized spacial score (nSPS) is 10.6. The molecule has 0 fully saturated rings. The van der Waals surface area contributed by atoms with E-state index < -0.39 is 0 Å². The van der Waals surface area contributed by atoms with Gasteiger partial charge in [0, 0.05) is 24.2 Å². The molecule has 8 heteroatoms. The van der Waals surface area contributed by atoms with E-state index >= 15 is 0 Å². The van der Waals surface area contributed by atoms with Gasteiger partial charge in [-0.05, 0) is 29.8 Å². The number of benzene rings is 1. The number of amides is 1. The number of nitrogens with zero attached hydrogens (tertiary/aromatic N) is 2. The first-order valence-electron chi connectivity index (χ1n) is 9.77. The number of furan rings is 1. The quantitative estimate of drug-likeness (QED) is 0.377. The van der Waals surface area contributed by atoms with Crippen LogP contribution < -0.4 is 14.8 Å². The maximum atomic E-state index is 12.2. The molecule has 0 radical (unpaired) electrons. The van der Waals surface area contributed by atoms with Crippen molar-refractivity contribution in [2.75, 3.05) is 13.2 Å². The summed E-state index contributed by atoms with van der Waals surface area (Å²) in [5.74, 6) is 1.92. The lowest BCUT2D eigenvalue weighted by molar-refractivity contribution is -0.120. The zero-order valence-electron chi connectivity index (χ0n) is 16.7. The van der Waals surface area contributed by atoms with E-state index in [1.165, 1.54) is 11.3 Å². The molecule has 3 aromatic heterocycles. The number of carbonyl (C=O) groups excluding carboxylic acids is 1. The summed E-state index contributed by atoms with van der Waals surface area (Å²) in [7, 11) is 0. The van der Waals surface area contributed by atoms with Crippen molar-refractivity contribution in [3.63, 3.8) is 0 Å². The molecule has 0 aliphatic heterocycles. The Bertz CT molecular complexity index is 1080. The molecule has 0 aliphatic rings. The number of para-hydroxylation sites is 1. The van der Waals surface area contributed by atoms with Crippen LogP contribution in [-0.2, 0) is 17.8 Å². The summed E-state index contributed by atoms with van der Waals surface area (Å²) in [6, 6.07) is 16.9. The summed E-state index contributed by atoms with van der Waals surface area (Å²) in [5, 5.41) is 5.52. The lowest BCUT2D eigenvalue weighted by Crippen LogP contribution is -2.24. The molecule has 0 unspecified atom stereocenters. The molecule has 0 spiro atoms. The molecule has 0 atom stereocenters. The molecule has 3 heterocycles. The van der Waals surface area contributed by atoms with Gasteiger partial charge in [-0.25, -0.2) is 9.97 Å². The third kappa shape index (κ3) is 6.16. The predicted molar refractivity (Wildman–Crippen MR) is 117 cm³/mol. The molecule has 158 valence electrons. The van der Waals surface area contributed by atoms with E-state index in [1.54, 1.807) is 18.5 Å². The van der Waals surface area contributed by atoms with Crippen molar-refractivity contribution in [2.24, 2.45) is 0 Å². The van der Waals surface area contributed by atoms with E-state index in [1.807, 2.05) is 53.9 Å². The standard InChI is InChI=1S/C23H21N3O4S/c27-21(13-18-16-31-23(26-18)20-7-4-10-29-20)24-14-17-8-9-22(25-15-17)30-12-11-28-19-5-2-1-3-6-19/h1-10,15-16H,11-14H2,(H,24,27). The molecule has 0 bridgehead atoms. The average molecular weight is 436 g/mol. The van der Waals surface area contributed by atoms with Gasteiger partial charge in [0.2, 0.25) is 11.8 Å². The maximum absolute atomic E-state index is 12.2. The molecular weight excluding hydrogens is 414 g/mol. The highest BCUT2D eigenvalue weighted by atomic mass is 32.1. The van der Waals surface area contributed by atoms with Crippen LogP contribution in [0.3, 0.4) is 0 Å². The monoisotopic (exact) mass is 435 g/mol. The summed E-state index contributed by atoms with van der Waals surface area (Å²) in [6.07, 6.45) is 3.50.